The summed E-state index contributed by atoms with van der Waals surface area (Å²) in [6, 6.07) is 1.77. The maximum absolute atomic E-state index is 13.3. The van der Waals surface area contributed by atoms with Crippen LogP contribution in [0.5, 0.6) is 0 Å². The summed E-state index contributed by atoms with van der Waals surface area (Å²) in [6.45, 7) is 0. The molecule has 0 bridgehead atoms. The van der Waals surface area contributed by atoms with Gasteiger partial charge >= 0.3 is 0 Å². The molecule has 1 heterocycles. The van der Waals surface area contributed by atoms with Crippen LogP contribution in [0.4, 0.5) is 24.5 Å². The Balaban J connectivity index is 2.42. The summed E-state index contributed by atoms with van der Waals surface area (Å²) in [6.07, 6.45) is 1.99. The minimum atomic E-state index is -1.46. The van der Waals surface area contributed by atoms with E-state index in [4.69, 9.17) is 0 Å². The second-order valence-corrected chi connectivity index (χ2v) is 3.85. The van der Waals surface area contributed by atoms with Crippen LogP contribution in [-0.2, 0) is 0 Å². The lowest BCUT2D eigenvalue weighted by molar-refractivity contribution is -0.385. The first-order chi connectivity index (χ1) is 9.90. The van der Waals surface area contributed by atoms with E-state index in [1.54, 1.807) is 0 Å². The highest BCUT2D eigenvalue weighted by molar-refractivity contribution is 6.07. The topological polar surface area (TPSA) is 85.1 Å². The Morgan fingerprint density at radius 1 is 1.19 bits per heavy atom. The van der Waals surface area contributed by atoms with Crippen molar-refractivity contribution in [3.8, 4) is 0 Å². The van der Waals surface area contributed by atoms with Gasteiger partial charge in [0.25, 0.3) is 11.6 Å². The Kier molecular flexibility index (Phi) is 3.83. The van der Waals surface area contributed by atoms with E-state index in [9.17, 15) is 28.1 Å². The molecule has 2 aromatic rings. The zero-order valence-corrected chi connectivity index (χ0v) is 10.1. The highest BCUT2D eigenvalue weighted by Crippen LogP contribution is 2.23. The third-order valence-corrected chi connectivity index (χ3v) is 2.50. The first-order valence-electron chi connectivity index (χ1n) is 5.44. The van der Waals surface area contributed by atoms with Gasteiger partial charge in [0, 0.05) is 6.20 Å². The Morgan fingerprint density at radius 3 is 2.48 bits per heavy atom. The maximum Gasteiger partial charge on any atom is 0.285 e. The van der Waals surface area contributed by atoms with Gasteiger partial charge < -0.3 is 5.32 Å². The number of halogens is 3. The molecule has 0 aliphatic rings. The largest absolute Gasteiger partial charge is 0.319 e. The lowest BCUT2D eigenvalue weighted by Gasteiger charge is -2.07. The van der Waals surface area contributed by atoms with E-state index in [1.165, 1.54) is 6.20 Å². The highest BCUT2D eigenvalue weighted by Gasteiger charge is 2.24. The molecule has 0 saturated heterocycles. The third kappa shape index (κ3) is 2.96. The van der Waals surface area contributed by atoms with Crippen molar-refractivity contribution in [1.82, 2.24) is 4.98 Å². The molecule has 1 aromatic carbocycles. The van der Waals surface area contributed by atoms with Crippen molar-refractivity contribution in [3.63, 3.8) is 0 Å². The first-order valence-corrected chi connectivity index (χ1v) is 5.44. The van der Waals surface area contributed by atoms with Crippen LogP contribution in [0.1, 0.15) is 10.4 Å². The number of hydrogen-bond acceptors (Lipinski definition) is 4. The smallest absolute Gasteiger partial charge is 0.285 e. The van der Waals surface area contributed by atoms with Crippen molar-refractivity contribution in [2.45, 2.75) is 0 Å². The van der Waals surface area contributed by atoms with Crippen LogP contribution in [0.15, 0.2) is 30.6 Å². The molecule has 0 saturated carbocycles. The summed E-state index contributed by atoms with van der Waals surface area (Å²) in [4.78, 5) is 25.0. The predicted molar refractivity (Wildman–Crippen MR) is 65.2 cm³/mol. The minimum absolute atomic E-state index is 0.285. The van der Waals surface area contributed by atoms with Crippen molar-refractivity contribution in [1.29, 1.82) is 0 Å². The van der Waals surface area contributed by atoms with Gasteiger partial charge in [-0.1, -0.05) is 0 Å². The van der Waals surface area contributed by atoms with Gasteiger partial charge in [0.05, 0.1) is 22.9 Å². The predicted octanol–water partition coefficient (Wildman–Crippen LogP) is 2.66. The molecule has 0 radical (unpaired) electrons. The molecule has 0 unspecified atom stereocenters. The van der Waals surface area contributed by atoms with Crippen molar-refractivity contribution in [3.05, 3.63) is 63.7 Å². The van der Waals surface area contributed by atoms with Crippen LogP contribution in [0.25, 0.3) is 0 Å². The standard InChI is InChI=1S/C12H6F3N3O3/c13-7-3-6(11(18(20)21)4-8(7)14)12(19)17-10-1-2-16-5-9(10)15/h1-5H,(H,16,17,19). The fourth-order valence-corrected chi connectivity index (χ4v) is 1.54. The summed E-state index contributed by atoms with van der Waals surface area (Å²) in [5.74, 6) is -4.92. The van der Waals surface area contributed by atoms with E-state index in [2.05, 4.69) is 4.98 Å². The summed E-state index contributed by atoms with van der Waals surface area (Å²) >= 11 is 0. The number of amides is 1. The van der Waals surface area contributed by atoms with Gasteiger partial charge in [0.15, 0.2) is 17.5 Å². The summed E-state index contributed by atoms with van der Waals surface area (Å²) < 4.78 is 39.5. The second-order valence-electron chi connectivity index (χ2n) is 3.85. The maximum atomic E-state index is 13.3. The molecule has 0 fully saturated rings. The molecule has 21 heavy (non-hydrogen) atoms. The van der Waals surface area contributed by atoms with Gasteiger partial charge in [-0.3, -0.25) is 19.9 Å². The number of anilines is 1. The number of rotatable bonds is 3. The number of carbonyl (C=O) groups excluding carboxylic acids is 1. The SMILES string of the molecule is O=C(Nc1ccncc1F)c1cc(F)c(F)cc1[N+](=O)[O-]. The quantitative estimate of drug-likeness (QED) is 0.697. The van der Waals surface area contributed by atoms with Crippen LogP contribution in [0, 0.1) is 27.6 Å². The monoisotopic (exact) mass is 297 g/mol. The summed E-state index contributed by atoms with van der Waals surface area (Å²) in [5.41, 5.74) is -1.95. The number of hydrogen-bond donors (Lipinski definition) is 1. The Labute approximate surface area is 115 Å². The molecule has 1 amide bonds. The number of aromatic nitrogens is 1. The summed E-state index contributed by atoms with van der Waals surface area (Å²) in [7, 11) is 0. The third-order valence-electron chi connectivity index (χ3n) is 2.50. The van der Waals surface area contributed by atoms with E-state index in [0.29, 0.717) is 6.07 Å². The van der Waals surface area contributed by atoms with Gasteiger partial charge in [0.2, 0.25) is 0 Å². The van der Waals surface area contributed by atoms with E-state index in [0.717, 1.165) is 12.3 Å². The first kappa shape index (κ1) is 14.4. The van der Waals surface area contributed by atoms with Crippen LogP contribution >= 0.6 is 0 Å². The zero-order valence-electron chi connectivity index (χ0n) is 10.1. The zero-order chi connectivity index (χ0) is 15.6. The van der Waals surface area contributed by atoms with Crippen molar-refractivity contribution < 1.29 is 22.9 Å². The van der Waals surface area contributed by atoms with Crippen LogP contribution in [-0.4, -0.2) is 15.8 Å². The van der Waals surface area contributed by atoms with E-state index in [-0.39, 0.29) is 11.8 Å². The number of nitrogens with zero attached hydrogens (tertiary/aromatic N) is 2. The Morgan fingerprint density at radius 2 is 1.86 bits per heavy atom. The highest BCUT2D eigenvalue weighted by atomic mass is 19.2. The number of benzene rings is 1. The van der Waals surface area contributed by atoms with Crippen LogP contribution in [0.2, 0.25) is 0 Å². The molecule has 1 N–H and O–H groups in total. The van der Waals surface area contributed by atoms with Crippen LogP contribution < -0.4 is 5.32 Å². The van der Waals surface area contributed by atoms with E-state index in [1.807, 2.05) is 5.32 Å². The number of carbonyl (C=O) groups is 1. The number of nitro groups is 1. The van der Waals surface area contributed by atoms with Crippen molar-refractivity contribution in [2.24, 2.45) is 0 Å². The molecule has 108 valence electrons. The molecule has 9 heteroatoms. The lowest BCUT2D eigenvalue weighted by Crippen LogP contribution is -2.15. The minimum Gasteiger partial charge on any atom is -0.319 e. The number of nitrogens with one attached hydrogen (secondary N) is 1. The lowest BCUT2D eigenvalue weighted by atomic mass is 10.1. The average molecular weight is 297 g/mol. The Bertz CT molecular complexity index is 737. The molecular formula is C12H6F3N3O3. The molecule has 0 aliphatic heterocycles. The molecule has 0 spiro atoms. The fourth-order valence-electron chi connectivity index (χ4n) is 1.54. The molecule has 2 rings (SSSR count). The fraction of sp³-hybridized carbons (Fsp3) is 0. The Hall–Kier alpha value is -2.97. The van der Waals surface area contributed by atoms with Gasteiger partial charge in [-0.25, -0.2) is 13.2 Å². The van der Waals surface area contributed by atoms with Crippen molar-refractivity contribution in [2.75, 3.05) is 5.32 Å². The molecule has 0 aliphatic carbocycles. The van der Waals surface area contributed by atoms with E-state index < -0.39 is 39.5 Å². The molecular weight excluding hydrogens is 291 g/mol. The average Bonchev–Trinajstić information content (AvgIpc) is 2.43. The van der Waals surface area contributed by atoms with Gasteiger partial charge in [-0.2, -0.15) is 0 Å². The molecule has 6 nitrogen and oxygen atoms in total. The van der Waals surface area contributed by atoms with E-state index >= 15 is 0 Å². The molecule has 0 atom stereocenters. The normalized spacial score (nSPS) is 10.2. The number of nitro benzene ring substituents is 1. The van der Waals surface area contributed by atoms with Gasteiger partial charge in [-0.05, 0) is 12.1 Å². The molecule has 1 aromatic heterocycles. The second kappa shape index (κ2) is 5.57. The van der Waals surface area contributed by atoms with Gasteiger partial charge in [-0.15, -0.1) is 0 Å². The summed E-state index contributed by atoms with van der Waals surface area (Å²) in [5, 5.41) is 12.8. The number of pyridine rings is 1. The van der Waals surface area contributed by atoms with Gasteiger partial charge in [0.1, 0.15) is 5.56 Å². The van der Waals surface area contributed by atoms with Crippen LogP contribution in [0.3, 0.4) is 0 Å². The van der Waals surface area contributed by atoms with Crippen molar-refractivity contribution >= 4 is 17.3 Å².